The van der Waals surface area contributed by atoms with Gasteiger partial charge in [0.05, 0.1) is 28.4 Å². The van der Waals surface area contributed by atoms with Gasteiger partial charge < -0.3 is 4.74 Å². The number of hydrogen-bond acceptors (Lipinski definition) is 3. The lowest BCUT2D eigenvalue weighted by atomic mass is 9.96. The first kappa shape index (κ1) is 17.9. The summed E-state index contributed by atoms with van der Waals surface area (Å²) in [4.78, 5) is 11.5. The Bertz CT molecular complexity index is 503. The van der Waals surface area contributed by atoms with Crippen molar-refractivity contribution >= 4 is 17.0 Å². The summed E-state index contributed by atoms with van der Waals surface area (Å²) in [7, 11) is 0.216. The Morgan fingerprint density at radius 3 is 2.10 bits per heavy atom. The van der Waals surface area contributed by atoms with Gasteiger partial charge in [-0.1, -0.05) is 26.0 Å². The van der Waals surface area contributed by atoms with Crippen molar-refractivity contribution in [2.75, 3.05) is 7.11 Å². The molecule has 21 heavy (non-hydrogen) atoms. The van der Waals surface area contributed by atoms with Crippen molar-refractivity contribution in [3.05, 3.63) is 35.4 Å². The van der Waals surface area contributed by atoms with Crippen molar-refractivity contribution in [2.24, 2.45) is 5.92 Å². The first-order valence-corrected chi connectivity index (χ1v) is 8.18. The lowest BCUT2D eigenvalue weighted by Gasteiger charge is -2.27. The number of esters is 1. The molecule has 0 aliphatic carbocycles. The fraction of sp³-hybridized carbons (Fsp3) is 0.562. The van der Waals surface area contributed by atoms with E-state index >= 15 is 0 Å². The molecule has 0 saturated carbocycles. The molecule has 1 aromatic carbocycles. The largest absolute Gasteiger partial charge is 0.465 e. The molecule has 0 heterocycles. The average Bonchev–Trinajstić information content (AvgIpc) is 2.42. The zero-order valence-corrected chi connectivity index (χ0v) is 14.4. The minimum atomic E-state index is -1.15. The van der Waals surface area contributed by atoms with Gasteiger partial charge in [0.15, 0.2) is 0 Å². The van der Waals surface area contributed by atoms with Gasteiger partial charge in [-0.25, -0.2) is 13.7 Å². The minimum Gasteiger partial charge on any atom is -0.465 e. The lowest BCUT2D eigenvalue weighted by molar-refractivity contribution is 0.0600. The molecule has 4 nitrogen and oxygen atoms in total. The van der Waals surface area contributed by atoms with Crippen molar-refractivity contribution in [3.63, 3.8) is 0 Å². The molecule has 0 aromatic heterocycles. The lowest BCUT2D eigenvalue weighted by Crippen LogP contribution is -2.37. The molecule has 0 fully saturated rings. The maximum absolute atomic E-state index is 12.3. The Balaban J connectivity index is 2.96. The molecule has 0 unspecified atom stereocenters. The summed E-state index contributed by atoms with van der Waals surface area (Å²) >= 11 is 0. The van der Waals surface area contributed by atoms with E-state index in [2.05, 4.69) is 18.6 Å². The Morgan fingerprint density at radius 1 is 1.19 bits per heavy atom. The molecule has 0 amide bonds. The Morgan fingerprint density at radius 2 is 1.71 bits per heavy atom. The zero-order chi connectivity index (χ0) is 16.2. The number of hydrogen-bond donors (Lipinski definition) is 1. The highest BCUT2D eigenvalue weighted by atomic mass is 32.2. The molecule has 0 spiro atoms. The van der Waals surface area contributed by atoms with E-state index in [-0.39, 0.29) is 22.7 Å². The summed E-state index contributed by atoms with van der Waals surface area (Å²) in [6.07, 6.45) is 0. The van der Waals surface area contributed by atoms with E-state index in [0.717, 1.165) is 5.56 Å². The highest BCUT2D eigenvalue weighted by molar-refractivity contribution is 7.84. The Kier molecular flexibility index (Phi) is 6.10. The van der Waals surface area contributed by atoms with Crippen LogP contribution >= 0.6 is 0 Å². The van der Waals surface area contributed by atoms with Crippen LogP contribution in [0.25, 0.3) is 0 Å². The average molecular weight is 311 g/mol. The molecular weight excluding hydrogens is 286 g/mol. The van der Waals surface area contributed by atoms with E-state index in [0.29, 0.717) is 5.56 Å². The molecule has 5 heteroatoms. The number of carbonyl (C=O) groups excluding carboxylic acids is 1. The van der Waals surface area contributed by atoms with E-state index in [9.17, 15) is 9.00 Å². The van der Waals surface area contributed by atoms with E-state index in [4.69, 9.17) is 4.74 Å². The van der Waals surface area contributed by atoms with Crippen molar-refractivity contribution in [2.45, 2.75) is 45.4 Å². The predicted octanol–water partition coefficient (Wildman–Crippen LogP) is 3.22. The third kappa shape index (κ3) is 4.93. The van der Waals surface area contributed by atoms with Gasteiger partial charge in [-0.05, 0) is 44.4 Å². The summed E-state index contributed by atoms with van der Waals surface area (Å²) in [6.45, 7) is 9.97. The van der Waals surface area contributed by atoms with E-state index in [1.165, 1.54) is 7.11 Å². The number of benzene rings is 1. The first-order valence-electron chi connectivity index (χ1n) is 7.03. The molecule has 1 aromatic rings. The van der Waals surface area contributed by atoms with Gasteiger partial charge in [0, 0.05) is 6.04 Å². The molecule has 0 aliphatic rings. The zero-order valence-electron chi connectivity index (χ0n) is 13.6. The maximum atomic E-state index is 12.3. The van der Waals surface area contributed by atoms with Gasteiger partial charge in [0.1, 0.15) is 0 Å². The predicted molar refractivity (Wildman–Crippen MR) is 86.4 cm³/mol. The molecular formula is C16H25NO3S. The van der Waals surface area contributed by atoms with Crippen LogP contribution in [0.3, 0.4) is 0 Å². The standard InChI is InChI=1S/C16H25NO3S/c1-11(2)14(17-21(19)16(3,4)5)12-7-9-13(10-8-12)15(18)20-6/h7-11,14,17H,1-6H3/t14-,21-/m1/s1. The van der Waals surface area contributed by atoms with Crippen LogP contribution in [0.1, 0.15) is 56.6 Å². The van der Waals surface area contributed by atoms with Crippen molar-refractivity contribution < 1.29 is 13.7 Å². The fourth-order valence-corrected chi connectivity index (χ4v) is 2.82. The Hall–Kier alpha value is -1.20. The van der Waals surface area contributed by atoms with E-state index in [1.54, 1.807) is 12.1 Å². The topological polar surface area (TPSA) is 55.4 Å². The van der Waals surface area contributed by atoms with Crippen LogP contribution in [0.5, 0.6) is 0 Å². The third-order valence-corrected chi connectivity index (χ3v) is 4.73. The molecule has 0 saturated heterocycles. The summed E-state index contributed by atoms with van der Waals surface area (Å²) in [6, 6.07) is 7.20. The smallest absolute Gasteiger partial charge is 0.337 e. The molecule has 118 valence electrons. The molecule has 0 aliphatic heterocycles. The van der Waals surface area contributed by atoms with Crippen LogP contribution in [0.4, 0.5) is 0 Å². The highest BCUT2D eigenvalue weighted by Crippen LogP contribution is 2.24. The van der Waals surface area contributed by atoms with Crippen LogP contribution in [0.2, 0.25) is 0 Å². The van der Waals surface area contributed by atoms with Gasteiger partial charge in [0.25, 0.3) is 0 Å². The third-order valence-electron chi connectivity index (χ3n) is 3.15. The highest BCUT2D eigenvalue weighted by Gasteiger charge is 2.25. The summed E-state index contributed by atoms with van der Waals surface area (Å²) in [5, 5.41) is 0. The van der Waals surface area contributed by atoms with Crippen molar-refractivity contribution in [1.29, 1.82) is 0 Å². The molecule has 0 bridgehead atoms. The van der Waals surface area contributed by atoms with Gasteiger partial charge in [-0.3, -0.25) is 0 Å². The van der Waals surface area contributed by atoms with Crippen LogP contribution in [0.15, 0.2) is 24.3 Å². The van der Waals surface area contributed by atoms with Gasteiger partial charge in [0.2, 0.25) is 0 Å². The second-order valence-corrected chi connectivity index (χ2v) is 8.33. The molecule has 0 radical (unpaired) electrons. The Labute approximate surface area is 129 Å². The SMILES string of the molecule is COC(=O)c1ccc([C@H](N[S@](=O)C(C)(C)C)C(C)C)cc1. The summed E-state index contributed by atoms with van der Waals surface area (Å²) in [5.41, 5.74) is 1.52. The van der Waals surface area contributed by atoms with Gasteiger partial charge in [-0.2, -0.15) is 0 Å². The summed E-state index contributed by atoms with van der Waals surface area (Å²) < 4.78 is 19.9. The molecule has 1 N–H and O–H groups in total. The molecule has 2 atom stereocenters. The summed E-state index contributed by atoms with van der Waals surface area (Å²) in [5.74, 6) is -0.0749. The number of methoxy groups -OCH3 is 1. The van der Waals surface area contributed by atoms with Crippen LogP contribution in [0, 0.1) is 5.92 Å². The van der Waals surface area contributed by atoms with Crippen LogP contribution in [-0.4, -0.2) is 22.0 Å². The first-order chi connectivity index (χ1) is 9.66. The number of nitrogens with one attached hydrogen (secondary N) is 1. The van der Waals surface area contributed by atoms with Gasteiger partial charge >= 0.3 is 5.97 Å². The van der Waals surface area contributed by atoms with Crippen molar-refractivity contribution in [3.8, 4) is 0 Å². The number of ether oxygens (including phenoxy) is 1. The second kappa shape index (κ2) is 7.18. The van der Waals surface area contributed by atoms with Crippen LogP contribution < -0.4 is 4.72 Å². The quantitative estimate of drug-likeness (QED) is 0.849. The monoisotopic (exact) mass is 311 g/mol. The van der Waals surface area contributed by atoms with E-state index in [1.807, 2.05) is 32.9 Å². The van der Waals surface area contributed by atoms with Gasteiger partial charge in [-0.15, -0.1) is 0 Å². The minimum absolute atomic E-state index is 0.0308. The van der Waals surface area contributed by atoms with Crippen LogP contribution in [-0.2, 0) is 15.7 Å². The van der Waals surface area contributed by atoms with E-state index < -0.39 is 11.0 Å². The number of carbonyl (C=O) groups is 1. The molecule has 1 rings (SSSR count). The van der Waals surface area contributed by atoms with Crippen molar-refractivity contribution in [1.82, 2.24) is 4.72 Å². The fourth-order valence-electron chi connectivity index (χ4n) is 1.83. The normalized spacial score (nSPS) is 14.8. The number of rotatable bonds is 5. The second-order valence-electron chi connectivity index (χ2n) is 6.33. The maximum Gasteiger partial charge on any atom is 0.337 e.